The molecule has 1 aliphatic carbocycles. The van der Waals surface area contributed by atoms with Crippen molar-refractivity contribution in [2.45, 2.75) is 44.0 Å². The Balaban J connectivity index is 1.76. The summed E-state index contributed by atoms with van der Waals surface area (Å²) in [7, 11) is 0. The predicted octanol–water partition coefficient (Wildman–Crippen LogP) is 0.141. The summed E-state index contributed by atoms with van der Waals surface area (Å²) in [5.41, 5.74) is 6.37. The number of piperazine rings is 1. The van der Waals surface area contributed by atoms with Crippen molar-refractivity contribution in [3.63, 3.8) is 0 Å². The van der Waals surface area contributed by atoms with E-state index in [1.807, 2.05) is 18.2 Å². The maximum Gasteiger partial charge on any atom is 0.242 e. The number of rotatable bonds is 4. The Kier molecular flexibility index (Phi) is 4.71. The number of carbonyl (C=O) groups is 2. The lowest BCUT2D eigenvalue weighted by molar-refractivity contribution is -0.156. The first-order valence-corrected chi connectivity index (χ1v) is 8.49. The number of benzene rings is 1. The molecule has 2 fully saturated rings. The highest BCUT2D eigenvalue weighted by molar-refractivity contribution is 5.95. The maximum absolute atomic E-state index is 12.5. The largest absolute Gasteiger partial charge is 0.391 e. The molecule has 1 spiro atoms. The lowest BCUT2D eigenvalue weighted by Crippen LogP contribution is -2.71. The van der Waals surface area contributed by atoms with E-state index in [2.05, 4.69) is 17.0 Å². The summed E-state index contributed by atoms with van der Waals surface area (Å²) >= 11 is 0. The standard InChI is InChI=1S/C18H25N3O3/c1-13(22)16(19)17(24)20-9-10-21(11-14-5-3-2-4-6-14)18(12-20)8-7-15(18)23/h2-6,13,16,22H,7-12,19H2,1H3/t13-,16+,18?/m1/s1. The van der Waals surface area contributed by atoms with Gasteiger partial charge in [-0.1, -0.05) is 30.3 Å². The quantitative estimate of drug-likeness (QED) is 0.820. The van der Waals surface area contributed by atoms with E-state index in [1.54, 1.807) is 4.90 Å². The molecular formula is C18H25N3O3. The molecule has 3 atom stereocenters. The van der Waals surface area contributed by atoms with E-state index in [0.717, 1.165) is 12.0 Å². The second-order valence-electron chi connectivity index (χ2n) is 6.89. The van der Waals surface area contributed by atoms with Gasteiger partial charge in [-0.15, -0.1) is 0 Å². The lowest BCUT2D eigenvalue weighted by atomic mass is 9.72. The molecule has 6 heteroatoms. The number of nitrogens with two attached hydrogens (primary N) is 1. The van der Waals surface area contributed by atoms with E-state index < -0.39 is 17.7 Å². The molecular weight excluding hydrogens is 306 g/mol. The average molecular weight is 331 g/mol. The zero-order valence-corrected chi connectivity index (χ0v) is 14.0. The smallest absolute Gasteiger partial charge is 0.242 e. The summed E-state index contributed by atoms with van der Waals surface area (Å²) in [6, 6.07) is 9.13. The van der Waals surface area contributed by atoms with E-state index in [1.165, 1.54) is 6.92 Å². The summed E-state index contributed by atoms with van der Waals surface area (Å²) in [5.74, 6) is -0.0787. The van der Waals surface area contributed by atoms with Crippen molar-refractivity contribution < 1.29 is 14.7 Å². The van der Waals surface area contributed by atoms with Gasteiger partial charge in [-0.3, -0.25) is 14.5 Å². The maximum atomic E-state index is 12.5. The zero-order chi connectivity index (χ0) is 17.3. The van der Waals surface area contributed by atoms with Crippen molar-refractivity contribution in [3.05, 3.63) is 35.9 Å². The second kappa shape index (κ2) is 6.63. The van der Waals surface area contributed by atoms with Gasteiger partial charge in [-0.05, 0) is 18.9 Å². The van der Waals surface area contributed by atoms with Gasteiger partial charge in [0.2, 0.25) is 5.91 Å². The first-order chi connectivity index (χ1) is 11.4. The molecule has 6 nitrogen and oxygen atoms in total. The molecule has 1 aromatic rings. The topological polar surface area (TPSA) is 86.9 Å². The van der Waals surface area contributed by atoms with Crippen LogP contribution < -0.4 is 5.73 Å². The molecule has 3 N–H and O–H groups in total. The minimum Gasteiger partial charge on any atom is -0.391 e. The van der Waals surface area contributed by atoms with Crippen LogP contribution in [0.15, 0.2) is 30.3 Å². The molecule has 1 unspecified atom stereocenters. The van der Waals surface area contributed by atoms with Crippen LogP contribution in [0.1, 0.15) is 25.3 Å². The molecule has 0 radical (unpaired) electrons. The fraction of sp³-hybridized carbons (Fsp3) is 0.556. The third-order valence-electron chi connectivity index (χ3n) is 5.32. The lowest BCUT2D eigenvalue weighted by Gasteiger charge is -2.54. The number of ketones is 1. The molecule has 1 saturated carbocycles. The second-order valence-corrected chi connectivity index (χ2v) is 6.89. The van der Waals surface area contributed by atoms with Gasteiger partial charge in [0, 0.05) is 32.6 Å². The van der Waals surface area contributed by atoms with Crippen molar-refractivity contribution in [2.75, 3.05) is 19.6 Å². The van der Waals surface area contributed by atoms with E-state index in [9.17, 15) is 14.7 Å². The molecule has 0 aromatic heterocycles. The fourth-order valence-corrected chi connectivity index (χ4v) is 3.61. The normalized spacial score (nSPS) is 27.0. The predicted molar refractivity (Wildman–Crippen MR) is 90.1 cm³/mol. The fourth-order valence-electron chi connectivity index (χ4n) is 3.61. The number of aliphatic hydroxyl groups is 1. The highest BCUT2D eigenvalue weighted by atomic mass is 16.3. The van der Waals surface area contributed by atoms with Crippen molar-refractivity contribution in [3.8, 4) is 0 Å². The Hall–Kier alpha value is -1.76. The Morgan fingerprint density at radius 1 is 1.33 bits per heavy atom. The summed E-state index contributed by atoms with van der Waals surface area (Å²) in [6.45, 7) is 3.76. The van der Waals surface area contributed by atoms with Crippen molar-refractivity contribution in [1.29, 1.82) is 0 Å². The van der Waals surface area contributed by atoms with Crippen LogP contribution in [-0.2, 0) is 16.1 Å². The van der Waals surface area contributed by atoms with E-state index in [0.29, 0.717) is 32.6 Å². The molecule has 130 valence electrons. The van der Waals surface area contributed by atoms with Crippen LogP contribution in [0.4, 0.5) is 0 Å². The van der Waals surface area contributed by atoms with Crippen LogP contribution in [0.3, 0.4) is 0 Å². The molecule has 24 heavy (non-hydrogen) atoms. The molecule has 1 aliphatic heterocycles. The molecule has 2 aliphatic rings. The zero-order valence-electron chi connectivity index (χ0n) is 14.0. The van der Waals surface area contributed by atoms with Gasteiger partial charge in [0.15, 0.2) is 5.78 Å². The van der Waals surface area contributed by atoms with Gasteiger partial charge >= 0.3 is 0 Å². The van der Waals surface area contributed by atoms with Crippen LogP contribution in [0, 0.1) is 0 Å². The van der Waals surface area contributed by atoms with Gasteiger partial charge in [-0.25, -0.2) is 0 Å². The third-order valence-corrected chi connectivity index (χ3v) is 5.32. The highest BCUT2D eigenvalue weighted by Crippen LogP contribution is 2.38. The number of aliphatic hydroxyl groups excluding tert-OH is 1. The molecule has 1 saturated heterocycles. The number of carbonyl (C=O) groups excluding carboxylic acids is 2. The van der Waals surface area contributed by atoms with Gasteiger partial charge in [0.25, 0.3) is 0 Å². The third kappa shape index (κ3) is 2.97. The minimum atomic E-state index is -0.932. The van der Waals surface area contributed by atoms with Gasteiger partial charge in [-0.2, -0.15) is 0 Å². The number of hydrogen-bond acceptors (Lipinski definition) is 5. The Labute approximate surface area is 142 Å². The number of hydrogen-bond donors (Lipinski definition) is 2. The molecule has 0 bridgehead atoms. The summed E-state index contributed by atoms with van der Waals surface area (Å²) in [6.07, 6.45) is 0.440. The Morgan fingerprint density at radius 3 is 2.58 bits per heavy atom. The van der Waals surface area contributed by atoms with E-state index >= 15 is 0 Å². The number of amides is 1. The van der Waals surface area contributed by atoms with Gasteiger partial charge in [0.1, 0.15) is 6.04 Å². The number of nitrogens with zero attached hydrogens (tertiary/aromatic N) is 2. The van der Waals surface area contributed by atoms with Crippen molar-refractivity contribution in [1.82, 2.24) is 9.80 Å². The summed E-state index contributed by atoms with van der Waals surface area (Å²) in [4.78, 5) is 28.7. The molecule has 1 aromatic carbocycles. The van der Waals surface area contributed by atoms with Crippen LogP contribution in [-0.4, -0.2) is 63.9 Å². The van der Waals surface area contributed by atoms with Crippen LogP contribution in [0.25, 0.3) is 0 Å². The van der Waals surface area contributed by atoms with Gasteiger partial charge < -0.3 is 15.7 Å². The van der Waals surface area contributed by atoms with Crippen LogP contribution >= 0.6 is 0 Å². The SMILES string of the molecule is C[C@@H](O)[C@H](N)C(=O)N1CCN(Cc2ccccc2)C2(CCC2=O)C1. The highest BCUT2D eigenvalue weighted by Gasteiger charge is 2.54. The van der Waals surface area contributed by atoms with Crippen molar-refractivity contribution >= 4 is 11.7 Å². The Morgan fingerprint density at radius 2 is 2.04 bits per heavy atom. The first-order valence-electron chi connectivity index (χ1n) is 8.49. The first kappa shape index (κ1) is 17.1. The van der Waals surface area contributed by atoms with Crippen molar-refractivity contribution in [2.24, 2.45) is 5.73 Å². The minimum absolute atomic E-state index is 0.196. The number of Topliss-reactive ketones (excluding diaryl/α,β-unsaturated/α-hetero) is 1. The summed E-state index contributed by atoms with van der Waals surface area (Å²) in [5, 5.41) is 9.57. The Bertz CT molecular complexity index is 619. The molecule has 1 heterocycles. The molecule has 3 rings (SSSR count). The average Bonchev–Trinajstić information content (AvgIpc) is 2.60. The van der Waals surface area contributed by atoms with E-state index in [-0.39, 0.29) is 11.7 Å². The van der Waals surface area contributed by atoms with Crippen LogP contribution in [0.2, 0.25) is 0 Å². The van der Waals surface area contributed by atoms with E-state index in [4.69, 9.17) is 5.73 Å². The molecule has 1 amide bonds. The van der Waals surface area contributed by atoms with Crippen LogP contribution in [0.5, 0.6) is 0 Å². The summed E-state index contributed by atoms with van der Waals surface area (Å²) < 4.78 is 0. The van der Waals surface area contributed by atoms with Gasteiger partial charge in [0.05, 0.1) is 11.6 Å². The monoisotopic (exact) mass is 331 g/mol.